The van der Waals surface area contributed by atoms with Crippen molar-refractivity contribution in [2.75, 3.05) is 4.57 Å². The van der Waals surface area contributed by atoms with Crippen molar-refractivity contribution in [2.24, 2.45) is 0 Å². The minimum Gasteiger partial charge on any atom is -0.386 e. The molecule has 5 rings (SSSR count). The summed E-state index contributed by atoms with van der Waals surface area (Å²) in [6.07, 6.45) is -0.0364. The molecule has 1 saturated heterocycles. The van der Waals surface area contributed by atoms with Crippen LogP contribution in [0.25, 0.3) is 0 Å². The number of hydrogen-bond acceptors (Lipinski definition) is 2. The Labute approximate surface area is 179 Å². The molecule has 4 aromatic carbocycles. The van der Waals surface area contributed by atoms with Gasteiger partial charge < -0.3 is 8.99 Å². The largest absolute Gasteiger partial charge is 0.386 e. The van der Waals surface area contributed by atoms with Gasteiger partial charge in [0.1, 0.15) is 0 Å². The van der Waals surface area contributed by atoms with E-state index in [9.17, 15) is 0 Å². The van der Waals surface area contributed by atoms with E-state index in [1.807, 2.05) is 0 Å². The Morgan fingerprint density at radius 3 is 1.63 bits per heavy atom. The zero-order valence-electron chi connectivity index (χ0n) is 17.1. The van der Waals surface area contributed by atoms with Crippen LogP contribution >= 0.6 is 0 Å². The molecule has 0 amide bonds. The average Bonchev–Trinajstić information content (AvgIpc) is 3.16. The fraction of sp³-hybridized carbons (Fsp3) is 0.111. The van der Waals surface area contributed by atoms with Crippen molar-refractivity contribution in [3.05, 3.63) is 132 Å². The maximum Gasteiger partial charge on any atom is 0.332 e. The lowest BCUT2D eigenvalue weighted by molar-refractivity contribution is 0.213. The topological polar surface area (TPSA) is 12.5 Å². The Bertz CT molecular complexity index is 1090. The molecule has 30 heavy (non-hydrogen) atoms. The molecule has 3 heteroatoms. The zero-order valence-corrected chi connectivity index (χ0v) is 18.1. The Balaban J connectivity index is 1.74. The summed E-state index contributed by atoms with van der Waals surface area (Å²) in [6, 6.07) is 43.0. The van der Waals surface area contributed by atoms with Crippen LogP contribution in [0.2, 0.25) is 6.55 Å². The molecule has 1 heterocycles. The monoisotopic (exact) mass is 407 g/mol. The summed E-state index contributed by atoms with van der Waals surface area (Å²) >= 11 is 0. The highest BCUT2D eigenvalue weighted by atomic mass is 28.4. The standard InChI is InChI=1S/C27H25NOSi/c1-30(25-20-12-5-13-21-25)28(24-18-10-4-11-19-24)26(22-14-6-2-7-15-22)27(29-30)23-16-8-3-9-17-23/h2-21,26-27H,1H3/t26-,27+,30+/m0/s1. The molecule has 0 unspecified atom stereocenters. The number of anilines is 1. The van der Waals surface area contributed by atoms with E-state index >= 15 is 0 Å². The molecule has 148 valence electrons. The fourth-order valence-electron chi connectivity index (χ4n) is 4.59. The normalized spacial score (nSPS) is 23.4. The SMILES string of the molecule is C[Si@]1(c2ccccc2)O[C@H](c2ccccc2)[C@H](c2ccccc2)N1c1ccccc1. The molecule has 0 radical (unpaired) electrons. The summed E-state index contributed by atoms with van der Waals surface area (Å²) in [5.74, 6) is 0. The first-order valence-electron chi connectivity index (χ1n) is 10.4. The molecule has 4 aromatic rings. The van der Waals surface area contributed by atoms with Gasteiger partial charge in [-0.05, 0) is 35.0 Å². The maximum absolute atomic E-state index is 7.12. The second kappa shape index (κ2) is 7.94. The van der Waals surface area contributed by atoms with Gasteiger partial charge in [-0.25, -0.2) is 0 Å². The molecule has 0 aromatic heterocycles. The van der Waals surface area contributed by atoms with Crippen LogP contribution < -0.4 is 9.75 Å². The number of benzene rings is 4. The van der Waals surface area contributed by atoms with Gasteiger partial charge in [0.15, 0.2) is 0 Å². The molecule has 0 N–H and O–H groups in total. The zero-order chi connectivity index (χ0) is 20.4. The van der Waals surface area contributed by atoms with Crippen LogP contribution in [-0.2, 0) is 4.43 Å². The predicted molar refractivity (Wildman–Crippen MR) is 126 cm³/mol. The van der Waals surface area contributed by atoms with Gasteiger partial charge in [0.2, 0.25) is 0 Å². The quantitative estimate of drug-likeness (QED) is 0.386. The van der Waals surface area contributed by atoms with Crippen LogP contribution in [0.15, 0.2) is 121 Å². The molecule has 1 aliphatic heterocycles. The second-order valence-corrected chi connectivity index (χ2v) is 11.1. The van der Waals surface area contributed by atoms with Crippen molar-refractivity contribution >= 4 is 19.4 Å². The molecule has 0 saturated carbocycles. The molecule has 3 atom stereocenters. The lowest BCUT2D eigenvalue weighted by Gasteiger charge is -2.37. The van der Waals surface area contributed by atoms with Crippen molar-refractivity contribution in [3.63, 3.8) is 0 Å². The number of hydrogen-bond donors (Lipinski definition) is 0. The van der Waals surface area contributed by atoms with Crippen molar-refractivity contribution < 1.29 is 4.43 Å². The average molecular weight is 408 g/mol. The van der Waals surface area contributed by atoms with Crippen molar-refractivity contribution in [1.29, 1.82) is 0 Å². The summed E-state index contributed by atoms with van der Waals surface area (Å²) < 4.78 is 9.70. The summed E-state index contributed by atoms with van der Waals surface area (Å²) in [4.78, 5) is 0. The molecular formula is C27H25NOSi. The highest BCUT2D eigenvalue weighted by Gasteiger charge is 2.54. The third-order valence-electron chi connectivity index (χ3n) is 5.99. The first-order chi connectivity index (χ1) is 14.8. The number of nitrogens with zero attached hydrogens (tertiary/aromatic N) is 1. The van der Waals surface area contributed by atoms with E-state index < -0.39 is 8.48 Å². The lowest BCUT2D eigenvalue weighted by Crippen LogP contribution is -2.58. The molecule has 1 fully saturated rings. The van der Waals surface area contributed by atoms with Gasteiger partial charge in [-0.3, -0.25) is 0 Å². The van der Waals surface area contributed by atoms with Gasteiger partial charge in [0.05, 0.1) is 12.1 Å². The van der Waals surface area contributed by atoms with Crippen LogP contribution in [0.4, 0.5) is 5.69 Å². The first kappa shape index (κ1) is 18.9. The minimum absolute atomic E-state index is 0.0364. The molecule has 0 aliphatic carbocycles. The fourth-order valence-corrected chi connectivity index (χ4v) is 8.14. The molecule has 0 spiro atoms. The van der Waals surface area contributed by atoms with Crippen LogP contribution in [0.5, 0.6) is 0 Å². The second-order valence-electron chi connectivity index (χ2n) is 7.86. The van der Waals surface area contributed by atoms with Crippen molar-refractivity contribution in [3.8, 4) is 0 Å². The van der Waals surface area contributed by atoms with E-state index in [0.717, 1.165) is 0 Å². The van der Waals surface area contributed by atoms with Crippen LogP contribution in [0.3, 0.4) is 0 Å². The van der Waals surface area contributed by atoms with E-state index in [1.165, 1.54) is 22.0 Å². The predicted octanol–water partition coefficient (Wildman–Crippen LogP) is 5.99. The van der Waals surface area contributed by atoms with Gasteiger partial charge in [-0.15, -0.1) is 0 Å². The highest BCUT2D eigenvalue weighted by Crippen LogP contribution is 2.49. The summed E-state index contributed by atoms with van der Waals surface area (Å²) in [7, 11) is -2.49. The van der Waals surface area contributed by atoms with Crippen LogP contribution in [-0.4, -0.2) is 8.48 Å². The lowest BCUT2D eigenvalue weighted by atomic mass is 9.95. The van der Waals surface area contributed by atoms with Crippen molar-refractivity contribution in [1.82, 2.24) is 0 Å². The minimum atomic E-state index is -2.49. The van der Waals surface area contributed by atoms with Crippen molar-refractivity contribution in [2.45, 2.75) is 18.7 Å². The van der Waals surface area contributed by atoms with E-state index in [2.05, 4.69) is 132 Å². The Hall–Kier alpha value is -3.14. The summed E-state index contributed by atoms with van der Waals surface area (Å²) in [5.41, 5.74) is 3.71. The molecule has 1 aliphatic rings. The Morgan fingerprint density at radius 1 is 0.600 bits per heavy atom. The van der Waals surface area contributed by atoms with Crippen LogP contribution in [0.1, 0.15) is 23.3 Å². The molecular weight excluding hydrogens is 382 g/mol. The van der Waals surface area contributed by atoms with E-state index in [1.54, 1.807) is 0 Å². The highest BCUT2D eigenvalue weighted by molar-refractivity contribution is 6.89. The van der Waals surface area contributed by atoms with Gasteiger partial charge in [0.25, 0.3) is 0 Å². The van der Waals surface area contributed by atoms with Crippen LogP contribution in [0, 0.1) is 0 Å². The number of rotatable bonds is 4. The Morgan fingerprint density at radius 2 is 1.07 bits per heavy atom. The van der Waals surface area contributed by atoms with E-state index in [0.29, 0.717) is 0 Å². The number of para-hydroxylation sites is 1. The van der Waals surface area contributed by atoms with Gasteiger partial charge in [0, 0.05) is 5.69 Å². The summed E-state index contributed by atoms with van der Waals surface area (Å²) in [5, 5.41) is 1.29. The third kappa shape index (κ3) is 3.26. The smallest absolute Gasteiger partial charge is 0.332 e. The molecule has 2 nitrogen and oxygen atoms in total. The molecule has 0 bridgehead atoms. The van der Waals surface area contributed by atoms with Gasteiger partial charge >= 0.3 is 8.48 Å². The first-order valence-corrected chi connectivity index (χ1v) is 12.8. The summed E-state index contributed by atoms with van der Waals surface area (Å²) in [6.45, 7) is 2.33. The van der Waals surface area contributed by atoms with E-state index in [4.69, 9.17) is 4.43 Å². The maximum atomic E-state index is 7.12. The third-order valence-corrected chi connectivity index (χ3v) is 9.57. The van der Waals surface area contributed by atoms with E-state index in [-0.39, 0.29) is 12.1 Å². The Kier molecular flexibility index (Phi) is 4.99. The van der Waals surface area contributed by atoms with Gasteiger partial charge in [-0.2, -0.15) is 0 Å². The van der Waals surface area contributed by atoms with Gasteiger partial charge in [-0.1, -0.05) is 109 Å².